The third kappa shape index (κ3) is 4.61. The molecule has 0 saturated carbocycles. The van der Waals surface area contributed by atoms with E-state index < -0.39 is 0 Å². The quantitative estimate of drug-likeness (QED) is 0.857. The molecule has 0 radical (unpaired) electrons. The minimum Gasteiger partial charge on any atom is -0.495 e. The lowest BCUT2D eigenvalue weighted by molar-refractivity contribution is -0.135. The second-order valence-corrected chi connectivity index (χ2v) is 6.50. The molecule has 1 aliphatic rings. The van der Waals surface area contributed by atoms with Gasteiger partial charge in [-0.15, -0.1) is 0 Å². The van der Waals surface area contributed by atoms with E-state index in [1.54, 1.807) is 17.0 Å². The van der Waals surface area contributed by atoms with E-state index in [0.29, 0.717) is 22.4 Å². The Hall–Kier alpha value is -1.75. The lowest BCUT2D eigenvalue weighted by atomic mass is 9.99. The number of rotatable bonds is 4. The summed E-state index contributed by atoms with van der Waals surface area (Å²) in [7, 11) is 1.51. The highest BCUT2D eigenvalue weighted by Crippen LogP contribution is 2.31. The van der Waals surface area contributed by atoms with Crippen LogP contribution >= 0.6 is 11.6 Å². The third-order valence-corrected chi connectivity index (χ3v) is 4.61. The monoisotopic (exact) mass is 338 g/mol. The molecule has 0 unspecified atom stereocenters. The molecule has 0 aliphatic carbocycles. The molecule has 1 N–H and O–H groups in total. The lowest BCUT2D eigenvalue weighted by Crippen LogP contribution is -2.39. The predicted molar refractivity (Wildman–Crippen MR) is 91.0 cm³/mol. The molecule has 0 atom stereocenters. The zero-order valence-corrected chi connectivity index (χ0v) is 14.6. The Kier molecular flexibility index (Phi) is 5.88. The number of carbonyl (C=O) groups excluding carboxylic acids is 2. The van der Waals surface area contributed by atoms with Crippen LogP contribution in [0.4, 0.5) is 5.69 Å². The van der Waals surface area contributed by atoms with E-state index in [2.05, 4.69) is 12.2 Å². The maximum absolute atomic E-state index is 12.2. The van der Waals surface area contributed by atoms with E-state index in [-0.39, 0.29) is 18.2 Å². The van der Waals surface area contributed by atoms with Gasteiger partial charge in [-0.05, 0) is 37.3 Å². The molecule has 0 aromatic heterocycles. The zero-order chi connectivity index (χ0) is 17.0. The number of halogens is 1. The zero-order valence-electron chi connectivity index (χ0n) is 13.8. The van der Waals surface area contributed by atoms with Crippen molar-refractivity contribution in [3.8, 4) is 5.75 Å². The van der Waals surface area contributed by atoms with Gasteiger partial charge in [-0.1, -0.05) is 18.5 Å². The van der Waals surface area contributed by atoms with Crippen LogP contribution in [-0.4, -0.2) is 36.9 Å². The Morgan fingerprint density at radius 2 is 2.00 bits per heavy atom. The number of nitrogens with zero attached hydrogens (tertiary/aromatic N) is 1. The van der Waals surface area contributed by atoms with E-state index >= 15 is 0 Å². The molecule has 126 valence electrons. The van der Waals surface area contributed by atoms with E-state index in [1.165, 1.54) is 7.11 Å². The highest BCUT2D eigenvalue weighted by molar-refractivity contribution is 6.31. The second kappa shape index (κ2) is 7.68. The molecule has 1 heterocycles. The van der Waals surface area contributed by atoms with Crippen LogP contribution in [0.1, 0.15) is 31.7 Å². The van der Waals surface area contributed by atoms with Crippen LogP contribution in [0.15, 0.2) is 12.1 Å². The summed E-state index contributed by atoms with van der Waals surface area (Å²) in [5.41, 5.74) is 1.36. The fourth-order valence-corrected chi connectivity index (χ4v) is 2.79. The van der Waals surface area contributed by atoms with Crippen molar-refractivity contribution in [3.63, 3.8) is 0 Å². The molecule has 1 saturated heterocycles. The van der Waals surface area contributed by atoms with Gasteiger partial charge in [0.1, 0.15) is 12.2 Å². The third-order valence-electron chi connectivity index (χ3n) is 4.20. The number of aryl methyl sites for hydroxylation is 1. The Bertz CT molecular complexity index is 596. The van der Waals surface area contributed by atoms with Crippen LogP contribution in [0.5, 0.6) is 5.75 Å². The van der Waals surface area contributed by atoms with Gasteiger partial charge in [-0.2, -0.15) is 0 Å². The first-order valence-electron chi connectivity index (χ1n) is 7.82. The number of hydrogen-bond donors (Lipinski definition) is 1. The van der Waals surface area contributed by atoms with Gasteiger partial charge in [0.15, 0.2) is 0 Å². The van der Waals surface area contributed by atoms with Crippen molar-refractivity contribution in [1.29, 1.82) is 0 Å². The molecule has 6 heteroatoms. The van der Waals surface area contributed by atoms with Crippen molar-refractivity contribution >= 4 is 29.1 Å². The van der Waals surface area contributed by atoms with Gasteiger partial charge >= 0.3 is 0 Å². The average molecular weight is 339 g/mol. The first kappa shape index (κ1) is 17.6. The van der Waals surface area contributed by atoms with Gasteiger partial charge in [0, 0.05) is 24.2 Å². The number of amides is 2. The number of benzene rings is 1. The molecule has 1 aromatic carbocycles. The number of likely N-dealkylation sites (tertiary alicyclic amines) is 1. The fourth-order valence-electron chi connectivity index (χ4n) is 2.63. The Balaban J connectivity index is 1.97. The lowest BCUT2D eigenvalue weighted by Gasteiger charge is -2.30. The van der Waals surface area contributed by atoms with Crippen molar-refractivity contribution < 1.29 is 14.3 Å². The molecule has 23 heavy (non-hydrogen) atoms. The molecule has 0 spiro atoms. The van der Waals surface area contributed by atoms with Crippen LogP contribution in [0.3, 0.4) is 0 Å². The summed E-state index contributed by atoms with van der Waals surface area (Å²) >= 11 is 6.05. The van der Waals surface area contributed by atoms with Crippen LogP contribution in [-0.2, 0) is 9.59 Å². The van der Waals surface area contributed by atoms with Crippen LogP contribution in [0, 0.1) is 12.8 Å². The Labute approximate surface area is 141 Å². The van der Waals surface area contributed by atoms with Gasteiger partial charge in [0.25, 0.3) is 0 Å². The largest absolute Gasteiger partial charge is 0.495 e. The number of hydrogen-bond acceptors (Lipinski definition) is 3. The van der Waals surface area contributed by atoms with E-state index in [9.17, 15) is 9.59 Å². The molecular formula is C17H23ClN2O3. The summed E-state index contributed by atoms with van der Waals surface area (Å²) in [5.74, 6) is 0.662. The van der Waals surface area contributed by atoms with Gasteiger partial charge < -0.3 is 15.0 Å². The van der Waals surface area contributed by atoms with E-state index in [0.717, 1.165) is 31.5 Å². The number of piperidine rings is 1. The summed E-state index contributed by atoms with van der Waals surface area (Å²) in [6, 6.07) is 3.40. The van der Waals surface area contributed by atoms with Gasteiger partial charge in [-0.3, -0.25) is 9.59 Å². The molecule has 1 fully saturated rings. The van der Waals surface area contributed by atoms with Crippen molar-refractivity contribution in [1.82, 2.24) is 4.90 Å². The topological polar surface area (TPSA) is 58.6 Å². The van der Waals surface area contributed by atoms with E-state index in [1.807, 2.05) is 6.92 Å². The Morgan fingerprint density at radius 1 is 1.35 bits per heavy atom. The summed E-state index contributed by atoms with van der Waals surface area (Å²) in [6.45, 7) is 5.49. The number of anilines is 1. The summed E-state index contributed by atoms with van der Waals surface area (Å²) < 4.78 is 5.22. The fraction of sp³-hybridized carbons (Fsp3) is 0.529. The summed E-state index contributed by atoms with van der Waals surface area (Å²) in [5, 5.41) is 3.31. The number of ether oxygens (including phenoxy) is 1. The van der Waals surface area contributed by atoms with Crippen LogP contribution in [0.2, 0.25) is 5.02 Å². The van der Waals surface area contributed by atoms with Crippen molar-refractivity contribution in [2.45, 2.75) is 33.1 Å². The maximum Gasteiger partial charge on any atom is 0.233 e. The number of carbonyl (C=O) groups is 2. The predicted octanol–water partition coefficient (Wildman–Crippen LogP) is 3.24. The SMILES string of the molecule is COc1cc(Cl)c(C)cc1NC(=O)CC(=O)N1CCC(C)CC1. The molecule has 5 nitrogen and oxygen atoms in total. The second-order valence-electron chi connectivity index (χ2n) is 6.09. The summed E-state index contributed by atoms with van der Waals surface area (Å²) in [6.07, 6.45) is 1.84. The highest BCUT2D eigenvalue weighted by Gasteiger charge is 2.22. The number of methoxy groups -OCH3 is 1. The molecule has 2 amide bonds. The van der Waals surface area contributed by atoms with Crippen molar-refractivity contribution in [2.24, 2.45) is 5.92 Å². The Morgan fingerprint density at radius 3 is 2.61 bits per heavy atom. The molecule has 1 aromatic rings. The maximum atomic E-state index is 12.2. The minimum absolute atomic E-state index is 0.126. The molecule has 2 rings (SSSR count). The highest BCUT2D eigenvalue weighted by atomic mass is 35.5. The van der Waals surface area contributed by atoms with Gasteiger partial charge in [-0.25, -0.2) is 0 Å². The molecule has 1 aliphatic heterocycles. The van der Waals surface area contributed by atoms with Crippen molar-refractivity contribution in [3.05, 3.63) is 22.7 Å². The standard InChI is InChI=1S/C17H23ClN2O3/c1-11-4-6-20(7-5-11)17(22)10-16(21)19-14-8-12(2)13(18)9-15(14)23-3/h8-9,11H,4-7,10H2,1-3H3,(H,19,21). The number of nitrogens with one attached hydrogen (secondary N) is 1. The smallest absolute Gasteiger partial charge is 0.233 e. The summed E-state index contributed by atoms with van der Waals surface area (Å²) in [4.78, 5) is 26.1. The van der Waals surface area contributed by atoms with Crippen molar-refractivity contribution in [2.75, 3.05) is 25.5 Å². The average Bonchev–Trinajstić information content (AvgIpc) is 2.51. The minimum atomic E-state index is -0.339. The molecular weight excluding hydrogens is 316 g/mol. The van der Waals surface area contributed by atoms with Crippen LogP contribution in [0.25, 0.3) is 0 Å². The first-order valence-corrected chi connectivity index (χ1v) is 8.20. The van der Waals surface area contributed by atoms with Gasteiger partial charge in [0.05, 0.1) is 12.8 Å². The van der Waals surface area contributed by atoms with Gasteiger partial charge in [0.2, 0.25) is 11.8 Å². The normalized spacial score (nSPS) is 15.4. The first-order chi connectivity index (χ1) is 10.9. The molecule has 0 bridgehead atoms. The van der Waals surface area contributed by atoms with E-state index in [4.69, 9.17) is 16.3 Å². The van der Waals surface area contributed by atoms with Crippen LogP contribution < -0.4 is 10.1 Å².